The van der Waals surface area contributed by atoms with Crippen LogP contribution in [0.5, 0.6) is 0 Å². The molecule has 1 rings (SSSR count). The normalized spacial score (nSPS) is 24.4. The van der Waals surface area contributed by atoms with Gasteiger partial charge in [-0.1, -0.05) is 20.8 Å². The molecule has 0 saturated carbocycles. The highest BCUT2D eigenvalue weighted by molar-refractivity contribution is 5.82. The number of piperidine rings is 1. The number of carbonyl (C=O) groups excluding carboxylic acids is 1. The highest BCUT2D eigenvalue weighted by Gasteiger charge is 2.37. The van der Waals surface area contributed by atoms with Crippen LogP contribution in [-0.2, 0) is 4.79 Å². The Balaban J connectivity index is 2.53. The molecule has 2 unspecified atom stereocenters. The Hall–Kier alpha value is -0.610. The molecule has 4 heteroatoms. The van der Waals surface area contributed by atoms with Crippen LogP contribution in [0, 0.1) is 11.3 Å². The first-order chi connectivity index (χ1) is 8.29. The Morgan fingerprint density at radius 2 is 2.11 bits per heavy atom. The van der Waals surface area contributed by atoms with Gasteiger partial charge < -0.3 is 15.7 Å². The van der Waals surface area contributed by atoms with Crippen LogP contribution in [0.25, 0.3) is 0 Å². The molecule has 1 aliphatic rings. The minimum Gasteiger partial charge on any atom is -0.388 e. The van der Waals surface area contributed by atoms with Crippen molar-refractivity contribution in [1.82, 2.24) is 10.6 Å². The van der Waals surface area contributed by atoms with Gasteiger partial charge in [-0.05, 0) is 45.2 Å². The van der Waals surface area contributed by atoms with Crippen LogP contribution >= 0.6 is 0 Å². The van der Waals surface area contributed by atoms with Crippen molar-refractivity contribution in [2.45, 2.75) is 52.6 Å². The number of amides is 1. The third-order valence-electron chi connectivity index (χ3n) is 4.29. The molecule has 0 spiro atoms. The maximum Gasteiger partial charge on any atom is 0.226 e. The summed E-state index contributed by atoms with van der Waals surface area (Å²) >= 11 is 0. The molecule has 0 radical (unpaired) electrons. The van der Waals surface area contributed by atoms with Crippen molar-refractivity contribution in [3.63, 3.8) is 0 Å². The Bertz CT molecular complexity index is 282. The number of hydrogen-bond donors (Lipinski definition) is 3. The summed E-state index contributed by atoms with van der Waals surface area (Å²) in [6, 6.07) is 0. The second-order valence-electron chi connectivity index (χ2n) is 6.30. The van der Waals surface area contributed by atoms with Crippen LogP contribution in [0.4, 0.5) is 0 Å². The summed E-state index contributed by atoms with van der Waals surface area (Å²) in [5.74, 6) is 0.419. The number of hydrogen-bond acceptors (Lipinski definition) is 3. The standard InChI is InChI=1S/C14H28N2O2/c1-5-14(4,18)10-16-12(17)13(2,3)11-7-6-8-15-9-11/h11,15,18H,5-10H2,1-4H3,(H,16,17). The summed E-state index contributed by atoms with van der Waals surface area (Å²) in [4.78, 5) is 12.3. The third-order valence-corrected chi connectivity index (χ3v) is 4.29. The summed E-state index contributed by atoms with van der Waals surface area (Å²) in [6.45, 7) is 9.96. The largest absolute Gasteiger partial charge is 0.388 e. The second-order valence-corrected chi connectivity index (χ2v) is 6.30. The summed E-state index contributed by atoms with van der Waals surface area (Å²) in [5, 5.41) is 16.2. The van der Waals surface area contributed by atoms with E-state index in [-0.39, 0.29) is 11.3 Å². The van der Waals surface area contributed by atoms with E-state index in [9.17, 15) is 9.90 Å². The van der Waals surface area contributed by atoms with Gasteiger partial charge in [0.1, 0.15) is 0 Å². The van der Waals surface area contributed by atoms with Crippen LogP contribution in [0.1, 0.15) is 47.0 Å². The molecule has 3 N–H and O–H groups in total. The molecular weight excluding hydrogens is 228 g/mol. The first-order valence-electron chi connectivity index (χ1n) is 7.01. The van der Waals surface area contributed by atoms with Crippen LogP contribution in [0.3, 0.4) is 0 Å². The predicted molar refractivity (Wildman–Crippen MR) is 73.3 cm³/mol. The zero-order chi connectivity index (χ0) is 13.8. The Morgan fingerprint density at radius 1 is 1.44 bits per heavy atom. The molecule has 1 saturated heterocycles. The van der Waals surface area contributed by atoms with E-state index in [1.807, 2.05) is 20.8 Å². The number of aliphatic hydroxyl groups is 1. The van der Waals surface area contributed by atoms with E-state index in [0.717, 1.165) is 25.9 Å². The average Bonchev–Trinajstić information content (AvgIpc) is 2.37. The van der Waals surface area contributed by atoms with Crippen molar-refractivity contribution >= 4 is 5.91 Å². The van der Waals surface area contributed by atoms with E-state index in [1.54, 1.807) is 6.92 Å². The lowest BCUT2D eigenvalue weighted by molar-refractivity contribution is -0.133. The highest BCUT2D eigenvalue weighted by atomic mass is 16.3. The Labute approximate surface area is 111 Å². The lowest BCUT2D eigenvalue weighted by atomic mass is 9.74. The summed E-state index contributed by atoms with van der Waals surface area (Å²) < 4.78 is 0. The summed E-state index contributed by atoms with van der Waals surface area (Å²) in [6.07, 6.45) is 2.87. The first kappa shape index (κ1) is 15.4. The fraction of sp³-hybridized carbons (Fsp3) is 0.929. The van der Waals surface area contributed by atoms with Gasteiger partial charge in [0, 0.05) is 12.0 Å². The zero-order valence-corrected chi connectivity index (χ0v) is 12.2. The molecule has 1 amide bonds. The van der Waals surface area contributed by atoms with E-state index in [2.05, 4.69) is 10.6 Å². The fourth-order valence-electron chi connectivity index (χ4n) is 2.28. The van der Waals surface area contributed by atoms with E-state index >= 15 is 0 Å². The van der Waals surface area contributed by atoms with Gasteiger partial charge in [0.25, 0.3) is 0 Å². The molecule has 4 nitrogen and oxygen atoms in total. The van der Waals surface area contributed by atoms with Crippen LogP contribution in [-0.4, -0.2) is 36.2 Å². The van der Waals surface area contributed by atoms with Gasteiger partial charge in [0.15, 0.2) is 0 Å². The topological polar surface area (TPSA) is 61.4 Å². The van der Waals surface area contributed by atoms with Crippen molar-refractivity contribution in [2.24, 2.45) is 11.3 Å². The van der Waals surface area contributed by atoms with Crippen molar-refractivity contribution in [2.75, 3.05) is 19.6 Å². The van der Waals surface area contributed by atoms with Gasteiger partial charge in [0.2, 0.25) is 5.91 Å². The maximum atomic E-state index is 12.3. The van der Waals surface area contributed by atoms with Gasteiger partial charge in [-0.25, -0.2) is 0 Å². The van der Waals surface area contributed by atoms with E-state index in [1.165, 1.54) is 0 Å². The Morgan fingerprint density at radius 3 is 2.61 bits per heavy atom. The minimum atomic E-state index is -0.809. The predicted octanol–water partition coefficient (Wildman–Crippen LogP) is 1.29. The van der Waals surface area contributed by atoms with Crippen LogP contribution in [0.15, 0.2) is 0 Å². The molecule has 18 heavy (non-hydrogen) atoms. The lowest BCUT2D eigenvalue weighted by Crippen LogP contribution is -2.50. The molecule has 0 aromatic heterocycles. The van der Waals surface area contributed by atoms with Gasteiger partial charge >= 0.3 is 0 Å². The minimum absolute atomic E-state index is 0.0462. The molecule has 0 aromatic rings. The van der Waals surface area contributed by atoms with Gasteiger partial charge in [-0.15, -0.1) is 0 Å². The zero-order valence-electron chi connectivity index (χ0n) is 12.2. The quantitative estimate of drug-likeness (QED) is 0.694. The molecule has 1 heterocycles. The summed E-state index contributed by atoms with van der Waals surface area (Å²) in [7, 11) is 0. The van der Waals surface area contributed by atoms with E-state index < -0.39 is 5.60 Å². The van der Waals surface area contributed by atoms with Gasteiger partial charge in [0.05, 0.1) is 5.60 Å². The van der Waals surface area contributed by atoms with E-state index in [4.69, 9.17) is 0 Å². The molecule has 0 bridgehead atoms. The van der Waals surface area contributed by atoms with Gasteiger partial charge in [-0.2, -0.15) is 0 Å². The van der Waals surface area contributed by atoms with Crippen molar-refractivity contribution in [3.05, 3.63) is 0 Å². The third kappa shape index (κ3) is 3.95. The lowest BCUT2D eigenvalue weighted by Gasteiger charge is -2.36. The SMILES string of the molecule is CCC(C)(O)CNC(=O)C(C)(C)C1CCCNC1. The van der Waals surface area contributed by atoms with Crippen molar-refractivity contribution < 1.29 is 9.90 Å². The Kier molecular flexibility index (Phi) is 5.17. The summed E-state index contributed by atoms with van der Waals surface area (Å²) in [5.41, 5.74) is -1.19. The number of carbonyl (C=O) groups is 1. The van der Waals surface area contributed by atoms with Crippen LogP contribution < -0.4 is 10.6 Å². The second kappa shape index (κ2) is 6.02. The highest BCUT2D eigenvalue weighted by Crippen LogP contribution is 2.32. The van der Waals surface area contributed by atoms with E-state index in [0.29, 0.717) is 18.9 Å². The fourth-order valence-corrected chi connectivity index (χ4v) is 2.28. The monoisotopic (exact) mass is 256 g/mol. The molecule has 1 aliphatic heterocycles. The van der Waals surface area contributed by atoms with Crippen molar-refractivity contribution in [3.8, 4) is 0 Å². The molecule has 0 aromatic carbocycles. The maximum absolute atomic E-state index is 12.3. The first-order valence-corrected chi connectivity index (χ1v) is 7.01. The average molecular weight is 256 g/mol. The molecule has 2 atom stereocenters. The van der Waals surface area contributed by atoms with Crippen molar-refractivity contribution in [1.29, 1.82) is 0 Å². The molecule has 106 valence electrons. The smallest absolute Gasteiger partial charge is 0.226 e. The number of rotatable bonds is 5. The molecular formula is C14H28N2O2. The van der Waals surface area contributed by atoms with Crippen LogP contribution in [0.2, 0.25) is 0 Å². The van der Waals surface area contributed by atoms with Gasteiger partial charge in [-0.3, -0.25) is 4.79 Å². The number of nitrogens with one attached hydrogen (secondary N) is 2. The molecule has 0 aliphatic carbocycles. The molecule has 1 fully saturated rings.